The van der Waals surface area contributed by atoms with Crippen molar-refractivity contribution in [2.45, 2.75) is 19.9 Å². The lowest BCUT2D eigenvalue weighted by Crippen LogP contribution is -2.27. The summed E-state index contributed by atoms with van der Waals surface area (Å²) in [6.45, 7) is 3.89. The lowest BCUT2D eigenvalue weighted by Gasteiger charge is -2.03. The van der Waals surface area contributed by atoms with E-state index in [1.165, 1.54) is 0 Å². The molecule has 0 bridgehead atoms. The van der Waals surface area contributed by atoms with Crippen LogP contribution in [0.25, 0.3) is 0 Å². The number of rotatable bonds is 6. The summed E-state index contributed by atoms with van der Waals surface area (Å²) in [6, 6.07) is 0. The number of carbonyl (C=O) groups is 1. The summed E-state index contributed by atoms with van der Waals surface area (Å²) in [6.07, 6.45) is 5.49. The average molecular weight is 208 g/mol. The second-order valence-electron chi connectivity index (χ2n) is 3.08. The molecule has 1 aromatic rings. The maximum atomic E-state index is 11.1. The van der Waals surface area contributed by atoms with Gasteiger partial charge in [-0.2, -0.15) is 0 Å². The Hall–Kier alpha value is -1.49. The average Bonchev–Trinajstić information content (AvgIpc) is 2.26. The van der Waals surface area contributed by atoms with Crippen molar-refractivity contribution in [1.82, 2.24) is 20.6 Å². The van der Waals surface area contributed by atoms with Gasteiger partial charge in [-0.15, -0.1) is 0 Å². The maximum absolute atomic E-state index is 11.1. The molecule has 82 valence electrons. The topological polar surface area (TPSA) is 66.9 Å². The molecule has 0 aliphatic heterocycles. The van der Waals surface area contributed by atoms with Crippen molar-refractivity contribution < 1.29 is 4.79 Å². The Labute approximate surface area is 89.3 Å². The largest absolute Gasteiger partial charge is 0.356 e. The van der Waals surface area contributed by atoms with Crippen molar-refractivity contribution in [2.24, 2.45) is 0 Å². The van der Waals surface area contributed by atoms with Crippen LogP contribution in [0.3, 0.4) is 0 Å². The minimum absolute atomic E-state index is 0.0733. The van der Waals surface area contributed by atoms with E-state index in [2.05, 4.69) is 20.6 Å². The van der Waals surface area contributed by atoms with E-state index in [4.69, 9.17) is 0 Å². The minimum atomic E-state index is 0.0733. The SMILES string of the molecule is CCNC(=O)CCNCc1cnccn1. The third-order valence-corrected chi connectivity index (χ3v) is 1.83. The summed E-state index contributed by atoms with van der Waals surface area (Å²) >= 11 is 0. The van der Waals surface area contributed by atoms with Gasteiger partial charge in [0.25, 0.3) is 0 Å². The van der Waals surface area contributed by atoms with Crippen LogP contribution in [0.1, 0.15) is 19.0 Å². The van der Waals surface area contributed by atoms with E-state index >= 15 is 0 Å². The Bertz CT molecular complexity index is 289. The predicted octanol–water partition coefficient (Wildman–Crippen LogP) is 0.0924. The third-order valence-electron chi connectivity index (χ3n) is 1.83. The monoisotopic (exact) mass is 208 g/mol. The van der Waals surface area contributed by atoms with Gasteiger partial charge >= 0.3 is 0 Å². The number of nitrogens with zero attached hydrogens (tertiary/aromatic N) is 2. The van der Waals surface area contributed by atoms with Gasteiger partial charge in [0, 0.05) is 44.6 Å². The molecule has 0 aliphatic rings. The fourth-order valence-electron chi connectivity index (χ4n) is 1.13. The van der Waals surface area contributed by atoms with Gasteiger partial charge in [-0.05, 0) is 6.92 Å². The van der Waals surface area contributed by atoms with E-state index in [0.29, 0.717) is 26.1 Å². The second-order valence-corrected chi connectivity index (χ2v) is 3.08. The van der Waals surface area contributed by atoms with Crippen molar-refractivity contribution in [3.8, 4) is 0 Å². The molecule has 2 N–H and O–H groups in total. The molecule has 0 radical (unpaired) electrons. The van der Waals surface area contributed by atoms with Crippen LogP contribution in [-0.4, -0.2) is 29.0 Å². The Morgan fingerprint density at radius 3 is 3.00 bits per heavy atom. The first-order chi connectivity index (χ1) is 7.33. The first kappa shape index (κ1) is 11.6. The number of carbonyl (C=O) groups excluding carboxylic acids is 1. The first-order valence-electron chi connectivity index (χ1n) is 5.05. The summed E-state index contributed by atoms with van der Waals surface area (Å²) in [5, 5.41) is 5.86. The van der Waals surface area contributed by atoms with Crippen molar-refractivity contribution in [1.29, 1.82) is 0 Å². The smallest absolute Gasteiger partial charge is 0.221 e. The van der Waals surface area contributed by atoms with Gasteiger partial charge in [-0.25, -0.2) is 0 Å². The highest BCUT2D eigenvalue weighted by Gasteiger charge is 1.98. The standard InChI is InChI=1S/C10H16N4O/c1-2-13-10(15)3-4-11-7-9-8-12-5-6-14-9/h5-6,8,11H,2-4,7H2,1H3,(H,13,15). The third kappa shape index (κ3) is 5.07. The lowest BCUT2D eigenvalue weighted by molar-refractivity contribution is -0.120. The van der Waals surface area contributed by atoms with Gasteiger partial charge in [-0.3, -0.25) is 14.8 Å². The Morgan fingerprint density at radius 2 is 2.33 bits per heavy atom. The van der Waals surface area contributed by atoms with Gasteiger partial charge in [0.1, 0.15) is 0 Å². The van der Waals surface area contributed by atoms with Gasteiger partial charge < -0.3 is 10.6 Å². The van der Waals surface area contributed by atoms with Crippen LogP contribution in [0.2, 0.25) is 0 Å². The highest BCUT2D eigenvalue weighted by Crippen LogP contribution is 1.88. The fraction of sp³-hybridized carbons (Fsp3) is 0.500. The van der Waals surface area contributed by atoms with Crippen molar-refractivity contribution in [3.05, 3.63) is 24.3 Å². The highest BCUT2D eigenvalue weighted by molar-refractivity contribution is 5.75. The van der Waals surface area contributed by atoms with Crippen molar-refractivity contribution >= 4 is 5.91 Å². The van der Waals surface area contributed by atoms with Crippen LogP contribution < -0.4 is 10.6 Å². The molecule has 1 aromatic heterocycles. The van der Waals surface area contributed by atoms with Crippen LogP contribution >= 0.6 is 0 Å². The molecular formula is C10H16N4O. The normalized spacial score (nSPS) is 9.93. The molecule has 1 heterocycles. The van der Waals surface area contributed by atoms with Gasteiger partial charge in [0.15, 0.2) is 0 Å². The van der Waals surface area contributed by atoms with Crippen molar-refractivity contribution in [3.63, 3.8) is 0 Å². The van der Waals surface area contributed by atoms with E-state index in [-0.39, 0.29) is 5.91 Å². The molecular weight excluding hydrogens is 192 g/mol. The summed E-state index contributed by atoms with van der Waals surface area (Å²) in [7, 11) is 0. The number of nitrogens with one attached hydrogen (secondary N) is 2. The summed E-state index contributed by atoms with van der Waals surface area (Å²) in [5.74, 6) is 0.0733. The summed E-state index contributed by atoms with van der Waals surface area (Å²) in [5.41, 5.74) is 0.883. The Balaban J connectivity index is 2.10. The summed E-state index contributed by atoms with van der Waals surface area (Å²) < 4.78 is 0. The Kier molecular flexibility index (Phi) is 5.32. The quantitative estimate of drug-likeness (QED) is 0.650. The molecule has 0 saturated heterocycles. The molecule has 1 rings (SSSR count). The highest BCUT2D eigenvalue weighted by atomic mass is 16.1. The molecule has 15 heavy (non-hydrogen) atoms. The zero-order chi connectivity index (χ0) is 10.9. The predicted molar refractivity (Wildman–Crippen MR) is 57.0 cm³/mol. The van der Waals surface area contributed by atoms with E-state index in [0.717, 1.165) is 5.69 Å². The van der Waals surface area contributed by atoms with Crippen LogP contribution in [0, 0.1) is 0 Å². The Morgan fingerprint density at radius 1 is 1.47 bits per heavy atom. The van der Waals surface area contributed by atoms with E-state index in [9.17, 15) is 4.79 Å². The van der Waals surface area contributed by atoms with Crippen LogP contribution in [0.4, 0.5) is 0 Å². The number of hydrogen-bond donors (Lipinski definition) is 2. The molecule has 5 nitrogen and oxygen atoms in total. The minimum Gasteiger partial charge on any atom is -0.356 e. The van der Waals surface area contributed by atoms with Gasteiger partial charge in [0.05, 0.1) is 5.69 Å². The maximum Gasteiger partial charge on any atom is 0.221 e. The van der Waals surface area contributed by atoms with E-state index in [1.807, 2.05) is 6.92 Å². The van der Waals surface area contributed by atoms with E-state index in [1.54, 1.807) is 18.6 Å². The molecule has 0 saturated carbocycles. The first-order valence-corrected chi connectivity index (χ1v) is 5.05. The zero-order valence-corrected chi connectivity index (χ0v) is 8.86. The second kappa shape index (κ2) is 6.89. The van der Waals surface area contributed by atoms with Crippen molar-refractivity contribution in [2.75, 3.05) is 13.1 Å². The van der Waals surface area contributed by atoms with Crippen LogP contribution in [-0.2, 0) is 11.3 Å². The van der Waals surface area contributed by atoms with Crippen LogP contribution in [0.5, 0.6) is 0 Å². The molecule has 0 aliphatic carbocycles. The fourth-order valence-corrected chi connectivity index (χ4v) is 1.13. The molecule has 0 aromatic carbocycles. The molecule has 0 unspecified atom stereocenters. The molecule has 0 spiro atoms. The number of hydrogen-bond acceptors (Lipinski definition) is 4. The molecule has 1 amide bonds. The van der Waals surface area contributed by atoms with Gasteiger partial charge in [-0.1, -0.05) is 0 Å². The molecule has 5 heteroatoms. The zero-order valence-electron chi connectivity index (χ0n) is 8.86. The summed E-state index contributed by atoms with van der Waals surface area (Å²) in [4.78, 5) is 19.1. The molecule has 0 fully saturated rings. The van der Waals surface area contributed by atoms with E-state index < -0.39 is 0 Å². The van der Waals surface area contributed by atoms with Gasteiger partial charge in [0.2, 0.25) is 5.91 Å². The number of amides is 1. The number of aromatic nitrogens is 2. The molecule has 0 atom stereocenters. The lowest BCUT2D eigenvalue weighted by atomic mass is 10.3. The van der Waals surface area contributed by atoms with Crippen LogP contribution in [0.15, 0.2) is 18.6 Å².